The quantitative estimate of drug-likeness (QED) is 0.151. The van der Waals surface area contributed by atoms with Crippen molar-refractivity contribution in [3.63, 3.8) is 0 Å². The van der Waals surface area contributed by atoms with Gasteiger partial charge in [-0.1, -0.05) is 129 Å². The Morgan fingerprint density at radius 1 is 0.593 bits per heavy atom. The highest BCUT2D eigenvalue weighted by Gasteiger charge is 2.38. The van der Waals surface area contributed by atoms with Gasteiger partial charge in [0.25, 0.3) is 0 Å². The van der Waals surface area contributed by atoms with Crippen LogP contribution in [0.4, 0.5) is 17.1 Å². The van der Waals surface area contributed by atoms with Gasteiger partial charge in [-0.25, -0.2) is 0 Å². The van der Waals surface area contributed by atoms with E-state index in [-0.39, 0.29) is 5.41 Å². The SMILES string of the molecule is C=C/C=C(\C=C)c1ccc2c(c1)c1cc(C)ccc1n2-c1ccc2c(c1)C(C)(C)c1cc(N(c3ccc(C)cc3)c3ccc(C)cc3)c3ccccc3c1-2. The fraction of sp³-hybridized carbons (Fsp3) is 0.115. The highest BCUT2D eigenvalue weighted by Crippen LogP contribution is 2.55. The van der Waals surface area contributed by atoms with E-state index in [0.717, 1.165) is 22.5 Å². The Bertz CT molecular complexity index is 2800. The van der Waals surface area contributed by atoms with E-state index in [2.05, 4.69) is 191 Å². The van der Waals surface area contributed by atoms with Gasteiger partial charge in [0.2, 0.25) is 0 Å². The average Bonchev–Trinajstić information content (AvgIpc) is 3.62. The zero-order valence-electron chi connectivity index (χ0n) is 31.7. The van der Waals surface area contributed by atoms with Gasteiger partial charge in [-0.05, 0) is 126 Å². The smallest absolute Gasteiger partial charge is 0.0543 e. The van der Waals surface area contributed by atoms with Crippen molar-refractivity contribution in [3.8, 4) is 16.8 Å². The van der Waals surface area contributed by atoms with Crippen LogP contribution in [0.15, 0.2) is 165 Å². The van der Waals surface area contributed by atoms with Crippen molar-refractivity contribution in [2.45, 2.75) is 40.0 Å². The summed E-state index contributed by atoms with van der Waals surface area (Å²) in [5.41, 5.74) is 18.1. The lowest BCUT2D eigenvalue weighted by atomic mass is 9.81. The van der Waals surface area contributed by atoms with Crippen molar-refractivity contribution in [1.29, 1.82) is 0 Å². The summed E-state index contributed by atoms with van der Waals surface area (Å²) in [7, 11) is 0. The molecule has 262 valence electrons. The maximum atomic E-state index is 4.08. The first-order valence-corrected chi connectivity index (χ1v) is 18.8. The summed E-state index contributed by atoms with van der Waals surface area (Å²) >= 11 is 0. The average molecular weight is 697 g/mol. The molecule has 1 aliphatic rings. The minimum atomic E-state index is -0.247. The minimum absolute atomic E-state index is 0.247. The molecular weight excluding hydrogens is 653 g/mol. The summed E-state index contributed by atoms with van der Waals surface area (Å²) in [6.07, 6.45) is 5.76. The molecule has 9 rings (SSSR count). The number of hydrogen-bond donors (Lipinski definition) is 0. The number of allylic oxidation sites excluding steroid dienone is 4. The largest absolute Gasteiger partial charge is 0.310 e. The number of fused-ring (bicyclic) bond motifs is 8. The van der Waals surface area contributed by atoms with Gasteiger partial charge < -0.3 is 9.47 Å². The summed E-state index contributed by atoms with van der Waals surface area (Å²) < 4.78 is 2.44. The molecule has 1 heterocycles. The normalized spacial score (nSPS) is 13.3. The van der Waals surface area contributed by atoms with E-state index < -0.39 is 0 Å². The number of aromatic nitrogens is 1. The van der Waals surface area contributed by atoms with E-state index in [1.165, 1.54) is 82.9 Å². The number of rotatable bonds is 7. The first kappa shape index (κ1) is 33.5. The Hall–Kier alpha value is -6.38. The Morgan fingerprint density at radius 2 is 1.20 bits per heavy atom. The van der Waals surface area contributed by atoms with Gasteiger partial charge in [-0.15, -0.1) is 0 Å². The maximum Gasteiger partial charge on any atom is 0.0543 e. The Balaban J connectivity index is 1.26. The summed E-state index contributed by atoms with van der Waals surface area (Å²) in [5.74, 6) is 0. The van der Waals surface area contributed by atoms with E-state index in [4.69, 9.17) is 0 Å². The van der Waals surface area contributed by atoms with Gasteiger partial charge in [0.05, 0.1) is 16.7 Å². The number of hydrogen-bond acceptors (Lipinski definition) is 1. The standard InChI is InChI=1S/C52H44N2/c1-8-12-36(9-2)37-20-28-49-45(30-37)44-29-35(5)19-27-48(44)54(49)40-25-26-43-46(31-40)52(6,7)47-32-50(41-13-10-11-14-42(41)51(43)47)53(38-21-15-33(3)16-22-38)39-23-17-34(4)18-24-39/h8-32H,1-2H2,3-7H3/b36-12+. The molecule has 0 spiro atoms. The van der Waals surface area contributed by atoms with Crippen molar-refractivity contribution < 1.29 is 0 Å². The Labute approximate surface area is 318 Å². The molecule has 54 heavy (non-hydrogen) atoms. The molecule has 2 heteroatoms. The molecule has 8 aromatic rings. The molecule has 1 aromatic heterocycles. The molecule has 0 saturated heterocycles. The van der Waals surface area contributed by atoms with Crippen LogP contribution in [0, 0.1) is 20.8 Å². The topological polar surface area (TPSA) is 8.17 Å². The van der Waals surface area contributed by atoms with Crippen LogP contribution in [0.25, 0.3) is 55.0 Å². The molecule has 0 saturated carbocycles. The zero-order chi connectivity index (χ0) is 37.3. The number of benzene rings is 7. The van der Waals surface area contributed by atoms with Gasteiger partial charge in [-0.2, -0.15) is 0 Å². The second-order valence-electron chi connectivity index (χ2n) is 15.4. The lowest BCUT2D eigenvalue weighted by Gasteiger charge is -2.30. The van der Waals surface area contributed by atoms with Crippen LogP contribution in [0.3, 0.4) is 0 Å². The Morgan fingerprint density at radius 3 is 1.85 bits per heavy atom. The molecule has 1 aliphatic carbocycles. The van der Waals surface area contributed by atoms with Crippen LogP contribution in [0.2, 0.25) is 0 Å². The van der Waals surface area contributed by atoms with Gasteiger partial charge in [0.15, 0.2) is 0 Å². The molecule has 0 N–H and O–H groups in total. The summed E-state index contributed by atoms with van der Waals surface area (Å²) in [4.78, 5) is 2.43. The molecule has 7 aromatic carbocycles. The summed E-state index contributed by atoms with van der Waals surface area (Å²) in [5, 5.41) is 5.00. The maximum absolute atomic E-state index is 4.08. The Kier molecular flexibility index (Phi) is 7.83. The van der Waals surface area contributed by atoms with Crippen molar-refractivity contribution in [2.75, 3.05) is 4.90 Å². The van der Waals surface area contributed by atoms with Crippen molar-refractivity contribution in [1.82, 2.24) is 4.57 Å². The zero-order valence-corrected chi connectivity index (χ0v) is 31.7. The lowest BCUT2D eigenvalue weighted by molar-refractivity contribution is 0.660. The summed E-state index contributed by atoms with van der Waals surface area (Å²) in [6.45, 7) is 19.3. The molecular formula is C52H44N2. The second-order valence-corrected chi connectivity index (χ2v) is 15.4. The van der Waals surface area contributed by atoms with Crippen LogP contribution in [0.1, 0.15) is 47.2 Å². The van der Waals surface area contributed by atoms with Crippen molar-refractivity contribution in [3.05, 3.63) is 198 Å². The van der Waals surface area contributed by atoms with Crippen molar-refractivity contribution >= 4 is 55.2 Å². The van der Waals surface area contributed by atoms with E-state index in [1.54, 1.807) is 0 Å². The van der Waals surface area contributed by atoms with Gasteiger partial charge in [0.1, 0.15) is 0 Å². The van der Waals surface area contributed by atoms with Gasteiger partial charge >= 0.3 is 0 Å². The fourth-order valence-corrected chi connectivity index (χ4v) is 8.69. The number of aryl methyl sites for hydroxylation is 3. The predicted octanol–water partition coefficient (Wildman–Crippen LogP) is 14.4. The second kappa shape index (κ2) is 12.6. The van der Waals surface area contributed by atoms with Crippen LogP contribution in [0.5, 0.6) is 0 Å². The molecule has 0 fully saturated rings. The van der Waals surface area contributed by atoms with Gasteiger partial charge in [-0.3, -0.25) is 0 Å². The highest BCUT2D eigenvalue weighted by atomic mass is 15.1. The van der Waals surface area contributed by atoms with E-state index >= 15 is 0 Å². The van der Waals surface area contributed by atoms with Crippen LogP contribution >= 0.6 is 0 Å². The summed E-state index contributed by atoms with van der Waals surface area (Å²) in [6, 6.07) is 49.9. The molecule has 0 bridgehead atoms. The first-order chi connectivity index (χ1) is 26.2. The monoisotopic (exact) mass is 696 g/mol. The first-order valence-electron chi connectivity index (χ1n) is 18.8. The number of anilines is 3. The van der Waals surface area contributed by atoms with Gasteiger partial charge in [0, 0.05) is 38.6 Å². The van der Waals surface area contributed by atoms with Crippen LogP contribution < -0.4 is 4.90 Å². The number of nitrogens with zero attached hydrogens (tertiary/aromatic N) is 2. The van der Waals surface area contributed by atoms with E-state index in [0.29, 0.717) is 0 Å². The third-order valence-electron chi connectivity index (χ3n) is 11.5. The lowest BCUT2D eigenvalue weighted by Crippen LogP contribution is -2.17. The molecule has 0 aliphatic heterocycles. The molecule has 0 amide bonds. The van der Waals surface area contributed by atoms with Crippen molar-refractivity contribution in [2.24, 2.45) is 0 Å². The van der Waals surface area contributed by atoms with E-state index in [1.807, 2.05) is 18.2 Å². The highest BCUT2D eigenvalue weighted by molar-refractivity contribution is 6.12. The predicted molar refractivity (Wildman–Crippen MR) is 233 cm³/mol. The fourth-order valence-electron chi connectivity index (χ4n) is 8.69. The molecule has 0 radical (unpaired) electrons. The molecule has 0 unspecified atom stereocenters. The molecule has 2 nitrogen and oxygen atoms in total. The third-order valence-corrected chi connectivity index (χ3v) is 11.5. The van der Waals surface area contributed by atoms with Crippen LogP contribution in [-0.2, 0) is 5.41 Å². The minimum Gasteiger partial charge on any atom is -0.310 e. The van der Waals surface area contributed by atoms with Crippen LogP contribution in [-0.4, -0.2) is 4.57 Å². The third kappa shape index (κ3) is 5.16. The van der Waals surface area contributed by atoms with E-state index in [9.17, 15) is 0 Å². The molecule has 0 atom stereocenters.